The van der Waals surface area contributed by atoms with Gasteiger partial charge in [-0.15, -0.1) is 0 Å². The molecule has 2 aromatic rings. The highest BCUT2D eigenvalue weighted by Gasteiger charge is 2.30. The summed E-state index contributed by atoms with van der Waals surface area (Å²) in [6, 6.07) is 11.7. The Morgan fingerprint density at radius 1 is 1.04 bits per heavy atom. The van der Waals surface area contributed by atoms with Crippen LogP contribution in [0, 0.1) is 6.92 Å². The van der Waals surface area contributed by atoms with Crippen LogP contribution in [0.25, 0.3) is 0 Å². The van der Waals surface area contributed by atoms with E-state index < -0.39 is 10.0 Å². The van der Waals surface area contributed by atoms with Gasteiger partial charge in [-0.05, 0) is 55.0 Å². The van der Waals surface area contributed by atoms with Crippen molar-refractivity contribution in [2.45, 2.75) is 11.8 Å². The number of nitrogens with zero attached hydrogens (tertiary/aromatic N) is 2. The first-order valence-electron chi connectivity index (χ1n) is 8.10. The van der Waals surface area contributed by atoms with Crippen LogP contribution in [0.15, 0.2) is 51.8 Å². The van der Waals surface area contributed by atoms with Crippen molar-refractivity contribution >= 4 is 43.5 Å². The molecule has 26 heavy (non-hydrogen) atoms. The van der Waals surface area contributed by atoms with Crippen LogP contribution in [0.5, 0.6) is 0 Å². The first kappa shape index (κ1) is 19.4. The van der Waals surface area contributed by atoms with Crippen molar-refractivity contribution in [3.63, 3.8) is 0 Å². The average molecular weight is 458 g/mol. The Labute approximate surface area is 166 Å². The number of sulfonamides is 1. The van der Waals surface area contributed by atoms with Crippen LogP contribution in [0.4, 0.5) is 0 Å². The summed E-state index contributed by atoms with van der Waals surface area (Å²) in [6.07, 6.45) is 0. The number of piperazine rings is 1. The number of benzene rings is 2. The third-order valence-corrected chi connectivity index (χ3v) is 7.42. The molecule has 1 fully saturated rings. The van der Waals surface area contributed by atoms with Gasteiger partial charge in [0.25, 0.3) is 5.91 Å². The molecule has 0 aromatic heterocycles. The maximum atomic E-state index is 12.8. The van der Waals surface area contributed by atoms with Crippen molar-refractivity contribution in [2.75, 3.05) is 26.2 Å². The monoisotopic (exact) mass is 456 g/mol. The summed E-state index contributed by atoms with van der Waals surface area (Å²) in [5.74, 6) is -0.113. The molecule has 0 bridgehead atoms. The van der Waals surface area contributed by atoms with Crippen LogP contribution in [-0.2, 0) is 10.0 Å². The molecule has 5 nitrogen and oxygen atoms in total. The average Bonchev–Trinajstić information content (AvgIpc) is 2.64. The van der Waals surface area contributed by atoms with Crippen molar-refractivity contribution in [3.05, 3.63) is 63.1 Å². The van der Waals surface area contributed by atoms with Crippen molar-refractivity contribution in [2.24, 2.45) is 0 Å². The first-order valence-corrected chi connectivity index (χ1v) is 10.7. The molecule has 0 radical (unpaired) electrons. The fourth-order valence-corrected chi connectivity index (χ4v) is 4.71. The van der Waals surface area contributed by atoms with Crippen molar-refractivity contribution in [1.82, 2.24) is 9.21 Å². The molecule has 0 unspecified atom stereocenters. The number of halogens is 2. The number of hydrogen-bond acceptors (Lipinski definition) is 3. The Morgan fingerprint density at radius 3 is 2.23 bits per heavy atom. The van der Waals surface area contributed by atoms with E-state index in [0.717, 1.165) is 10.0 Å². The molecule has 0 spiro atoms. The summed E-state index contributed by atoms with van der Waals surface area (Å²) in [5, 5.41) is 0.572. The van der Waals surface area contributed by atoms with Crippen LogP contribution in [0.3, 0.4) is 0 Å². The summed E-state index contributed by atoms with van der Waals surface area (Å²) in [6.45, 7) is 3.12. The Morgan fingerprint density at radius 2 is 1.65 bits per heavy atom. The molecule has 1 amide bonds. The topological polar surface area (TPSA) is 57.7 Å². The minimum absolute atomic E-state index is 0.113. The van der Waals surface area contributed by atoms with Crippen molar-refractivity contribution in [1.29, 1.82) is 0 Å². The number of amides is 1. The quantitative estimate of drug-likeness (QED) is 0.708. The van der Waals surface area contributed by atoms with Gasteiger partial charge in [0, 0.05) is 41.2 Å². The van der Waals surface area contributed by atoms with Gasteiger partial charge in [-0.25, -0.2) is 8.42 Å². The Balaban J connectivity index is 1.70. The van der Waals surface area contributed by atoms with Crippen LogP contribution in [0.1, 0.15) is 15.9 Å². The largest absolute Gasteiger partial charge is 0.336 e. The highest BCUT2D eigenvalue weighted by atomic mass is 79.9. The van der Waals surface area contributed by atoms with Gasteiger partial charge in [-0.3, -0.25) is 4.79 Å². The Hall–Kier alpha value is -1.41. The van der Waals surface area contributed by atoms with Gasteiger partial charge in [-0.2, -0.15) is 4.31 Å². The van der Waals surface area contributed by atoms with Gasteiger partial charge in [-0.1, -0.05) is 27.5 Å². The SMILES string of the molecule is Cc1cc(S(=O)(=O)N2CCN(C(=O)c3ccc(Cl)cc3)CC2)ccc1Br. The zero-order valence-electron chi connectivity index (χ0n) is 14.2. The Kier molecular flexibility index (Phi) is 5.72. The van der Waals surface area contributed by atoms with E-state index in [0.29, 0.717) is 23.7 Å². The maximum absolute atomic E-state index is 12.8. The molecule has 1 aliphatic rings. The van der Waals surface area contributed by atoms with Crippen LogP contribution in [-0.4, -0.2) is 49.7 Å². The van der Waals surface area contributed by atoms with Crippen LogP contribution >= 0.6 is 27.5 Å². The van der Waals surface area contributed by atoms with E-state index >= 15 is 0 Å². The lowest BCUT2D eigenvalue weighted by molar-refractivity contribution is 0.0698. The van der Waals surface area contributed by atoms with Crippen molar-refractivity contribution in [3.8, 4) is 0 Å². The third-order valence-electron chi connectivity index (χ3n) is 4.38. The van der Waals surface area contributed by atoms with E-state index in [4.69, 9.17) is 11.6 Å². The number of hydrogen-bond donors (Lipinski definition) is 0. The van der Waals surface area contributed by atoms with E-state index in [2.05, 4.69) is 15.9 Å². The number of carbonyl (C=O) groups excluding carboxylic acids is 1. The fourth-order valence-electron chi connectivity index (χ4n) is 2.83. The van der Waals surface area contributed by atoms with Crippen LogP contribution < -0.4 is 0 Å². The van der Waals surface area contributed by atoms with Crippen molar-refractivity contribution < 1.29 is 13.2 Å². The van der Waals surface area contributed by atoms with Crippen LogP contribution in [0.2, 0.25) is 5.02 Å². The van der Waals surface area contributed by atoms with Gasteiger partial charge in [0.15, 0.2) is 0 Å². The Bertz CT molecular complexity index is 924. The maximum Gasteiger partial charge on any atom is 0.253 e. The molecule has 0 atom stereocenters. The highest BCUT2D eigenvalue weighted by molar-refractivity contribution is 9.10. The summed E-state index contributed by atoms with van der Waals surface area (Å²) in [5.41, 5.74) is 1.41. The van der Waals surface area contributed by atoms with Gasteiger partial charge >= 0.3 is 0 Å². The molecule has 1 heterocycles. The molecule has 0 N–H and O–H groups in total. The predicted octanol–water partition coefficient (Wildman–Crippen LogP) is 3.56. The number of aryl methyl sites for hydroxylation is 1. The summed E-state index contributed by atoms with van der Waals surface area (Å²) in [4.78, 5) is 14.5. The minimum Gasteiger partial charge on any atom is -0.336 e. The second-order valence-corrected chi connectivity index (χ2v) is 9.34. The normalized spacial score (nSPS) is 15.9. The summed E-state index contributed by atoms with van der Waals surface area (Å²) in [7, 11) is -3.56. The smallest absolute Gasteiger partial charge is 0.253 e. The van der Waals surface area contributed by atoms with E-state index in [1.54, 1.807) is 47.4 Å². The molecule has 0 aliphatic carbocycles. The van der Waals surface area contributed by atoms with E-state index in [1.807, 2.05) is 6.92 Å². The predicted molar refractivity (Wildman–Crippen MR) is 105 cm³/mol. The van der Waals surface area contributed by atoms with Gasteiger partial charge in [0.05, 0.1) is 4.90 Å². The molecule has 3 rings (SSSR count). The molecule has 1 aliphatic heterocycles. The molecular formula is C18H18BrClN2O3S. The van der Waals surface area contributed by atoms with E-state index in [9.17, 15) is 13.2 Å². The van der Waals surface area contributed by atoms with Gasteiger partial charge < -0.3 is 4.90 Å². The molecular weight excluding hydrogens is 440 g/mol. The van der Waals surface area contributed by atoms with Gasteiger partial charge in [0.2, 0.25) is 10.0 Å². The van der Waals surface area contributed by atoms with Gasteiger partial charge in [0.1, 0.15) is 0 Å². The lowest BCUT2D eigenvalue weighted by Crippen LogP contribution is -2.50. The standard InChI is InChI=1S/C18H18BrClN2O3S/c1-13-12-16(6-7-17(13)19)26(24,25)22-10-8-21(9-11-22)18(23)14-2-4-15(20)5-3-14/h2-7,12H,8-11H2,1H3. The molecule has 2 aromatic carbocycles. The number of carbonyl (C=O) groups is 1. The summed E-state index contributed by atoms with van der Waals surface area (Å²) >= 11 is 9.23. The molecule has 1 saturated heterocycles. The zero-order chi connectivity index (χ0) is 18.9. The fraction of sp³-hybridized carbons (Fsp3) is 0.278. The molecule has 138 valence electrons. The lowest BCUT2D eigenvalue weighted by atomic mass is 10.2. The zero-order valence-corrected chi connectivity index (χ0v) is 17.3. The lowest BCUT2D eigenvalue weighted by Gasteiger charge is -2.34. The molecule has 8 heteroatoms. The summed E-state index contributed by atoms with van der Waals surface area (Å²) < 4.78 is 28.0. The number of rotatable bonds is 3. The molecule has 0 saturated carbocycles. The first-order chi connectivity index (χ1) is 12.3. The van der Waals surface area contributed by atoms with E-state index in [1.165, 1.54) is 4.31 Å². The van der Waals surface area contributed by atoms with E-state index in [-0.39, 0.29) is 23.9 Å². The third kappa shape index (κ3) is 3.96. The highest BCUT2D eigenvalue weighted by Crippen LogP contribution is 2.24. The minimum atomic E-state index is -3.56. The second-order valence-electron chi connectivity index (χ2n) is 6.11. The second kappa shape index (κ2) is 7.68.